The summed E-state index contributed by atoms with van der Waals surface area (Å²) < 4.78 is 7.07. The van der Waals surface area contributed by atoms with Gasteiger partial charge in [-0.05, 0) is 37.4 Å². The molecule has 0 aromatic carbocycles. The summed E-state index contributed by atoms with van der Waals surface area (Å²) in [4.78, 5) is 12.3. The summed E-state index contributed by atoms with van der Waals surface area (Å²) in [5, 5.41) is 8.70. The minimum Gasteiger partial charge on any atom is -0.352 e. The molecule has 0 fully saturated rings. The molecular formula is C13H17ClN4OS3. The first-order valence-electron chi connectivity index (χ1n) is 6.62. The van der Waals surface area contributed by atoms with Gasteiger partial charge in [-0.15, -0.1) is 23.5 Å². The van der Waals surface area contributed by atoms with Crippen molar-refractivity contribution in [3.05, 3.63) is 22.5 Å². The Morgan fingerprint density at radius 3 is 2.82 bits per heavy atom. The van der Waals surface area contributed by atoms with Crippen LogP contribution in [0.1, 0.15) is 22.5 Å². The molecule has 5 nitrogen and oxygen atoms in total. The maximum atomic E-state index is 12.3. The van der Waals surface area contributed by atoms with Crippen LogP contribution in [0.25, 0.3) is 0 Å². The average Bonchev–Trinajstić information content (AvgIpc) is 3.06. The second kappa shape index (κ2) is 8.24. The summed E-state index contributed by atoms with van der Waals surface area (Å²) in [6.07, 6.45) is 6.49. The van der Waals surface area contributed by atoms with Crippen LogP contribution in [0.3, 0.4) is 0 Å². The van der Waals surface area contributed by atoms with E-state index >= 15 is 0 Å². The summed E-state index contributed by atoms with van der Waals surface area (Å²) in [5.41, 5.74) is 1.52. The predicted molar refractivity (Wildman–Crippen MR) is 94.6 cm³/mol. The van der Waals surface area contributed by atoms with Crippen molar-refractivity contribution in [3.8, 4) is 0 Å². The zero-order chi connectivity index (χ0) is 16.1. The third kappa shape index (κ3) is 4.18. The number of aryl methyl sites for hydroxylation is 2. The topological polar surface area (TPSA) is 59.8 Å². The van der Waals surface area contributed by atoms with Crippen molar-refractivity contribution < 1.29 is 4.79 Å². The van der Waals surface area contributed by atoms with Gasteiger partial charge in [0.15, 0.2) is 0 Å². The largest absolute Gasteiger partial charge is 0.352 e. The number of nitrogens with one attached hydrogen (secondary N) is 1. The van der Waals surface area contributed by atoms with Crippen LogP contribution in [0, 0.1) is 6.92 Å². The third-order valence-electron chi connectivity index (χ3n) is 2.97. The van der Waals surface area contributed by atoms with Crippen LogP contribution in [0.2, 0.25) is 5.02 Å². The minimum atomic E-state index is -0.0582. The molecule has 120 valence electrons. The number of thioether (sulfide) groups is 2. The molecule has 0 saturated carbocycles. The first-order chi connectivity index (χ1) is 10.6. The summed E-state index contributed by atoms with van der Waals surface area (Å²) in [5.74, 6) is -0.0582. The molecule has 1 amide bonds. The second-order valence-electron chi connectivity index (χ2n) is 4.49. The van der Waals surface area contributed by atoms with Crippen LogP contribution in [0.5, 0.6) is 0 Å². The maximum Gasteiger partial charge on any atom is 0.256 e. The predicted octanol–water partition coefficient (Wildman–Crippen LogP) is 3.57. The number of nitrogens with zero attached hydrogens (tertiary/aromatic N) is 3. The average molecular weight is 377 g/mol. The van der Waals surface area contributed by atoms with Gasteiger partial charge < -0.3 is 5.32 Å². The number of hydrogen-bond acceptors (Lipinski definition) is 6. The highest BCUT2D eigenvalue weighted by atomic mass is 35.5. The van der Waals surface area contributed by atoms with Gasteiger partial charge in [-0.3, -0.25) is 9.48 Å². The van der Waals surface area contributed by atoms with Crippen LogP contribution >= 0.6 is 46.7 Å². The molecule has 2 aromatic heterocycles. The number of aromatic nitrogens is 3. The van der Waals surface area contributed by atoms with E-state index in [9.17, 15) is 4.79 Å². The van der Waals surface area contributed by atoms with Gasteiger partial charge in [0.2, 0.25) is 0 Å². The van der Waals surface area contributed by atoms with Gasteiger partial charge in [0.05, 0.1) is 20.5 Å². The number of halogens is 1. The smallest absolute Gasteiger partial charge is 0.256 e. The van der Waals surface area contributed by atoms with Crippen LogP contribution in [0.4, 0.5) is 0 Å². The summed E-state index contributed by atoms with van der Waals surface area (Å²) in [6.45, 7) is 3.19. The zero-order valence-corrected chi connectivity index (χ0v) is 15.8. The monoisotopic (exact) mass is 376 g/mol. The first kappa shape index (κ1) is 17.7. The number of carbonyl (C=O) groups is 1. The van der Waals surface area contributed by atoms with Crippen molar-refractivity contribution in [1.82, 2.24) is 19.5 Å². The van der Waals surface area contributed by atoms with E-state index in [-0.39, 0.29) is 5.91 Å². The molecule has 2 aromatic rings. The quantitative estimate of drug-likeness (QED) is 0.591. The standard InChI is InChI=1S/C13H17ClN4OS3/c1-8-9(14)7-18(16-8)6-4-5-15-11(19)10-12(20-2)17-22-13(10)21-3/h7H,4-6H2,1-3H3,(H,15,19). The lowest BCUT2D eigenvalue weighted by molar-refractivity contribution is 0.0947. The highest BCUT2D eigenvalue weighted by Crippen LogP contribution is 2.32. The number of amides is 1. The molecular weight excluding hydrogens is 360 g/mol. The van der Waals surface area contributed by atoms with Crippen LogP contribution in [0.15, 0.2) is 15.4 Å². The Kier molecular flexibility index (Phi) is 6.61. The van der Waals surface area contributed by atoms with Crippen molar-refractivity contribution >= 4 is 52.6 Å². The van der Waals surface area contributed by atoms with Crippen LogP contribution in [-0.4, -0.2) is 39.1 Å². The van der Waals surface area contributed by atoms with E-state index in [2.05, 4.69) is 14.8 Å². The van der Waals surface area contributed by atoms with E-state index in [0.29, 0.717) is 17.1 Å². The van der Waals surface area contributed by atoms with E-state index in [1.165, 1.54) is 23.3 Å². The molecule has 0 unspecified atom stereocenters. The van der Waals surface area contributed by atoms with Crippen molar-refractivity contribution in [3.63, 3.8) is 0 Å². The number of carbonyl (C=O) groups excluding carboxylic acids is 1. The van der Waals surface area contributed by atoms with E-state index in [1.807, 2.05) is 19.4 Å². The highest BCUT2D eigenvalue weighted by Gasteiger charge is 2.19. The molecule has 0 saturated heterocycles. The van der Waals surface area contributed by atoms with E-state index in [4.69, 9.17) is 11.6 Å². The molecule has 0 aliphatic heterocycles. The van der Waals surface area contributed by atoms with Gasteiger partial charge in [-0.2, -0.15) is 9.47 Å². The van der Waals surface area contributed by atoms with Gasteiger partial charge in [-0.1, -0.05) is 11.6 Å². The van der Waals surface area contributed by atoms with Gasteiger partial charge in [0.25, 0.3) is 5.91 Å². The Morgan fingerprint density at radius 2 is 2.23 bits per heavy atom. The Balaban J connectivity index is 1.86. The second-order valence-corrected chi connectivity index (χ2v) is 7.54. The zero-order valence-electron chi connectivity index (χ0n) is 12.6. The molecule has 9 heteroatoms. The van der Waals surface area contributed by atoms with E-state index < -0.39 is 0 Å². The Morgan fingerprint density at radius 1 is 1.45 bits per heavy atom. The van der Waals surface area contributed by atoms with Crippen molar-refractivity contribution in [2.45, 2.75) is 29.1 Å². The van der Waals surface area contributed by atoms with Gasteiger partial charge >= 0.3 is 0 Å². The summed E-state index contributed by atoms with van der Waals surface area (Å²) in [7, 11) is 0. The van der Waals surface area contributed by atoms with Crippen molar-refractivity contribution in [1.29, 1.82) is 0 Å². The highest BCUT2D eigenvalue weighted by molar-refractivity contribution is 8.01. The molecule has 0 atom stereocenters. The maximum absolute atomic E-state index is 12.3. The fraction of sp³-hybridized carbons (Fsp3) is 0.462. The molecule has 0 radical (unpaired) electrons. The minimum absolute atomic E-state index is 0.0582. The normalized spacial score (nSPS) is 10.9. The first-order valence-corrected chi connectivity index (χ1v) is 10.2. The SMILES string of the molecule is CSc1nsc(SC)c1C(=O)NCCCn1cc(Cl)c(C)n1. The molecule has 0 bridgehead atoms. The lowest BCUT2D eigenvalue weighted by Gasteiger charge is -2.06. The lowest BCUT2D eigenvalue weighted by Crippen LogP contribution is -2.25. The number of hydrogen-bond donors (Lipinski definition) is 1. The Hall–Kier alpha value is -0.700. The molecule has 2 heterocycles. The Bertz CT molecular complexity index is 615. The summed E-state index contributed by atoms with van der Waals surface area (Å²) >= 11 is 10.4. The fourth-order valence-electron chi connectivity index (χ4n) is 1.87. The molecule has 0 spiro atoms. The summed E-state index contributed by atoms with van der Waals surface area (Å²) in [6, 6.07) is 0. The van der Waals surface area contributed by atoms with Gasteiger partial charge in [0.1, 0.15) is 5.03 Å². The third-order valence-corrected chi connectivity index (χ3v) is 6.08. The Labute approximate surface area is 147 Å². The van der Waals surface area contributed by atoms with E-state index in [1.54, 1.807) is 22.6 Å². The molecule has 22 heavy (non-hydrogen) atoms. The molecule has 0 aliphatic rings. The van der Waals surface area contributed by atoms with Crippen LogP contribution < -0.4 is 5.32 Å². The molecule has 0 aliphatic carbocycles. The van der Waals surface area contributed by atoms with Crippen LogP contribution in [-0.2, 0) is 6.54 Å². The molecule has 1 N–H and O–H groups in total. The number of rotatable bonds is 7. The fourth-order valence-corrected chi connectivity index (χ4v) is 4.30. The molecule has 2 rings (SSSR count). The van der Waals surface area contributed by atoms with Gasteiger partial charge in [0, 0.05) is 19.3 Å². The van der Waals surface area contributed by atoms with Gasteiger partial charge in [-0.25, -0.2) is 0 Å². The van der Waals surface area contributed by atoms with Crippen molar-refractivity contribution in [2.75, 3.05) is 19.1 Å². The van der Waals surface area contributed by atoms with E-state index in [0.717, 1.165) is 27.9 Å². The lowest BCUT2D eigenvalue weighted by atomic mass is 10.3. The van der Waals surface area contributed by atoms with Crippen molar-refractivity contribution in [2.24, 2.45) is 0 Å².